The minimum Gasteiger partial charge on any atom is -0.490 e. The van der Waals surface area contributed by atoms with Gasteiger partial charge < -0.3 is 15.0 Å². The molecule has 3 rings (SSSR count). The summed E-state index contributed by atoms with van der Waals surface area (Å²) >= 11 is 0. The molecular weight excluding hydrogens is 350 g/mol. The molecule has 0 aliphatic carbocycles. The highest BCUT2D eigenvalue weighted by Gasteiger charge is 2.22. The van der Waals surface area contributed by atoms with Crippen molar-refractivity contribution in [3.63, 3.8) is 0 Å². The van der Waals surface area contributed by atoms with Crippen molar-refractivity contribution in [2.75, 3.05) is 20.2 Å². The zero-order valence-corrected chi connectivity index (χ0v) is 14.8. The fraction of sp³-hybridized carbons (Fsp3) is 0.263. The highest BCUT2D eigenvalue weighted by atomic mass is 16.6. The van der Waals surface area contributed by atoms with E-state index in [1.165, 1.54) is 24.8 Å². The van der Waals surface area contributed by atoms with Crippen LogP contribution in [-0.2, 0) is 17.8 Å². The first-order valence-corrected chi connectivity index (χ1v) is 8.45. The summed E-state index contributed by atoms with van der Waals surface area (Å²) in [6, 6.07) is 11.9. The number of fused-ring (bicyclic) bond motifs is 1. The number of nitrogens with one attached hydrogen (secondary N) is 1. The normalized spacial score (nSPS) is 12.9. The molecule has 0 radical (unpaired) electrons. The van der Waals surface area contributed by atoms with Crippen LogP contribution in [0.2, 0.25) is 0 Å². The number of nitro groups is 1. The van der Waals surface area contributed by atoms with Gasteiger partial charge in [0, 0.05) is 24.7 Å². The Labute approximate surface area is 155 Å². The molecule has 2 aromatic rings. The number of nitro benzene ring substituents is 1. The van der Waals surface area contributed by atoms with Gasteiger partial charge in [0.1, 0.15) is 0 Å². The quantitative estimate of drug-likeness (QED) is 0.641. The maximum absolute atomic E-state index is 12.4. The number of carbonyl (C=O) groups is 2. The monoisotopic (exact) mass is 369 g/mol. The zero-order chi connectivity index (χ0) is 19.4. The van der Waals surface area contributed by atoms with Crippen LogP contribution in [0.3, 0.4) is 0 Å². The van der Waals surface area contributed by atoms with E-state index in [1.807, 2.05) is 18.2 Å². The molecule has 1 N–H and O–H groups in total. The van der Waals surface area contributed by atoms with Crippen molar-refractivity contribution >= 4 is 17.5 Å². The molecule has 140 valence electrons. The van der Waals surface area contributed by atoms with Gasteiger partial charge in [-0.15, -0.1) is 0 Å². The van der Waals surface area contributed by atoms with Gasteiger partial charge in [0.25, 0.3) is 5.91 Å². The summed E-state index contributed by atoms with van der Waals surface area (Å²) in [5, 5.41) is 13.6. The summed E-state index contributed by atoms with van der Waals surface area (Å²) in [6.45, 7) is 0.944. The molecule has 0 atom stereocenters. The number of amides is 2. The van der Waals surface area contributed by atoms with E-state index < -0.39 is 10.8 Å². The van der Waals surface area contributed by atoms with Crippen LogP contribution in [0.4, 0.5) is 5.69 Å². The predicted molar refractivity (Wildman–Crippen MR) is 97.5 cm³/mol. The number of rotatable bonds is 5. The van der Waals surface area contributed by atoms with Gasteiger partial charge in [-0.1, -0.05) is 24.3 Å². The molecule has 0 bridgehead atoms. The molecule has 0 aromatic heterocycles. The van der Waals surface area contributed by atoms with Gasteiger partial charge in [-0.25, -0.2) is 0 Å². The van der Waals surface area contributed by atoms with Crippen LogP contribution in [0.25, 0.3) is 0 Å². The summed E-state index contributed by atoms with van der Waals surface area (Å²) in [4.78, 5) is 36.8. The van der Waals surface area contributed by atoms with Gasteiger partial charge in [0.15, 0.2) is 5.75 Å². The van der Waals surface area contributed by atoms with E-state index in [0.29, 0.717) is 13.1 Å². The van der Waals surface area contributed by atoms with Gasteiger partial charge in [0.05, 0.1) is 18.6 Å². The fourth-order valence-electron chi connectivity index (χ4n) is 3.05. The Morgan fingerprint density at radius 1 is 1.22 bits per heavy atom. The number of benzene rings is 2. The SMILES string of the molecule is COc1ccc(C(=O)NCC(=O)N2CCc3ccccc3C2)cc1[N+](=O)[O-]. The average Bonchev–Trinajstić information content (AvgIpc) is 2.70. The highest BCUT2D eigenvalue weighted by molar-refractivity contribution is 5.97. The molecule has 27 heavy (non-hydrogen) atoms. The first-order valence-electron chi connectivity index (χ1n) is 8.45. The van der Waals surface area contributed by atoms with Crippen LogP contribution in [0.15, 0.2) is 42.5 Å². The number of hydrogen-bond acceptors (Lipinski definition) is 5. The van der Waals surface area contributed by atoms with Crippen LogP contribution >= 0.6 is 0 Å². The molecule has 0 saturated heterocycles. The van der Waals surface area contributed by atoms with Crippen molar-refractivity contribution in [2.24, 2.45) is 0 Å². The summed E-state index contributed by atoms with van der Waals surface area (Å²) in [5.74, 6) is -0.674. The van der Waals surface area contributed by atoms with Crippen molar-refractivity contribution in [3.05, 3.63) is 69.3 Å². The van der Waals surface area contributed by atoms with E-state index in [0.717, 1.165) is 18.1 Å². The van der Waals surface area contributed by atoms with Gasteiger partial charge in [-0.3, -0.25) is 19.7 Å². The van der Waals surface area contributed by atoms with Crippen LogP contribution in [0, 0.1) is 10.1 Å². The second kappa shape index (κ2) is 7.86. The molecule has 1 aliphatic rings. The van der Waals surface area contributed by atoms with Crippen LogP contribution in [0.5, 0.6) is 5.75 Å². The Balaban J connectivity index is 1.62. The van der Waals surface area contributed by atoms with Crippen molar-refractivity contribution in [3.8, 4) is 5.75 Å². The third-order valence-electron chi connectivity index (χ3n) is 4.52. The molecule has 0 spiro atoms. The number of carbonyl (C=O) groups excluding carboxylic acids is 2. The van der Waals surface area contributed by atoms with E-state index in [4.69, 9.17) is 4.74 Å². The maximum atomic E-state index is 12.4. The third kappa shape index (κ3) is 4.05. The Kier molecular flexibility index (Phi) is 5.35. The largest absolute Gasteiger partial charge is 0.490 e. The third-order valence-corrected chi connectivity index (χ3v) is 4.52. The number of nitrogens with zero attached hydrogens (tertiary/aromatic N) is 2. The highest BCUT2D eigenvalue weighted by Crippen LogP contribution is 2.27. The lowest BCUT2D eigenvalue weighted by molar-refractivity contribution is -0.385. The Bertz CT molecular complexity index is 897. The fourth-order valence-corrected chi connectivity index (χ4v) is 3.05. The van der Waals surface area contributed by atoms with Crippen LogP contribution in [-0.4, -0.2) is 41.8 Å². The number of hydrogen-bond donors (Lipinski definition) is 1. The molecule has 8 nitrogen and oxygen atoms in total. The second-order valence-electron chi connectivity index (χ2n) is 6.16. The Morgan fingerprint density at radius 2 is 1.96 bits per heavy atom. The predicted octanol–water partition coefficient (Wildman–Crippen LogP) is 1.92. The standard InChI is InChI=1S/C19H19N3O5/c1-27-17-7-6-14(10-16(17)22(25)26)19(24)20-11-18(23)21-9-8-13-4-2-3-5-15(13)12-21/h2-7,10H,8-9,11-12H2,1H3,(H,20,24). The first kappa shape index (κ1) is 18.4. The van der Waals surface area contributed by atoms with E-state index in [1.54, 1.807) is 4.90 Å². The maximum Gasteiger partial charge on any atom is 0.311 e. The lowest BCUT2D eigenvalue weighted by atomic mass is 10.00. The molecule has 2 aromatic carbocycles. The Morgan fingerprint density at radius 3 is 2.67 bits per heavy atom. The topological polar surface area (TPSA) is 102 Å². The van der Waals surface area contributed by atoms with Crippen molar-refractivity contribution in [1.82, 2.24) is 10.2 Å². The van der Waals surface area contributed by atoms with E-state index in [9.17, 15) is 19.7 Å². The van der Waals surface area contributed by atoms with Gasteiger partial charge >= 0.3 is 5.69 Å². The number of methoxy groups -OCH3 is 1. The van der Waals surface area contributed by atoms with Gasteiger partial charge in [0.2, 0.25) is 5.91 Å². The first-order chi connectivity index (χ1) is 13.0. The average molecular weight is 369 g/mol. The summed E-state index contributed by atoms with van der Waals surface area (Å²) in [7, 11) is 1.32. The molecule has 1 heterocycles. The van der Waals surface area contributed by atoms with Crippen molar-refractivity contribution < 1.29 is 19.2 Å². The van der Waals surface area contributed by atoms with E-state index >= 15 is 0 Å². The van der Waals surface area contributed by atoms with E-state index in [2.05, 4.69) is 11.4 Å². The van der Waals surface area contributed by atoms with Crippen LogP contribution in [0.1, 0.15) is 21.5 Å². The lowest BCUT2D eigenvalue weighted by Gasteiger charge is -2.29. The molecule has 1 aliphatic heterocycles. The molecule has 0 fully saturated rings. The number of ether oxygens (including phenoxy) is 1. The van der Waals surface area contributed by atoms with E-state index in [-0.39, 0.29) is 29.5 Å². The zero-order valence-electron chi connectivity index (χ0n) is 14.8. The molecule has 8 heteroatoms. The second-order valence-corrected chi connectivity index (χ2v) is 6.16. The van der Waals surface area contributed by atoms with Crippen molar-refractivity contribution in [2.45, 2.75) is 13.0 Å². The summed E-state index contributed by atoms with van der Waals surface area (Å²) in [6.07, 6.45) is 0.778. The summed E-state index contributed by atoms with van der Waals surface area (Å²) in [5.41, 5.74) is 2.13. The summed E-state index contributed by atoms with van der Waals surface area (Å²) < 4.78 is 4.91. The van der Waals surface area contributed by atoms with Crippen molar-refractivity contribution in [1.29, 1.82) is 0 Å². The smallest absolute Gasteiger partial charge is 0.311 e. The van der Waals surface area contributed by atoms with Gasteiger partial charge in [-0.2, -0.15) is 0 Å². The van der Waals surface area contributed by atoms with Crippen LogP contribution < -0.4 is 10.1 Å². The molecule has 0 saturated carbocycles. The minimum absolute atomic E-state index is 0.0691. The Hall–Kier alpha value is -3.42. The molecule has 0 unspecified atom stereocenters. The van der Waals surface area contributed by atoms with Gasteiger partial charge in [-0.05, 0) is 29.7 Å². The molecule has 2 amide bonds. The minimum atomic E-state index is -0.619. The lowest BCUT2D eigenvalue weighted by Crippen LogP contribution is -2.42. The molecular formula is C19H19N3O5.